The average Bonchev–Trinajstić information content (AvgIpc) is 3.11. The Balaban J connectivity index is 1.74. The topological polar surface area (TPSA) is 96.7 Å². The number of aromatic amines is 1. The number of hydrogen-bond donors (Lipinski definition) is 3. The predicted molar refractivity (Wildman–Crippen MR) is 123 cm³/mol. The van der Waals surface area contributed by atoms with Gasteiger partial charge in [0.1, 0.15) is 14.7 Å². The molecule has 0 atom stereocenters. The summed E-state index contributed by atoms with van der Waals surface area (Å²) in [4.78, 5) is 15.5. The molecule has 0 fully saturated rings. The van der Waals surface area contributed by atoms with Crippen LogP contribution in [-0.2, 0) is 17.6 Å². The normalized spacial score (nSPS) is 14.1. The van der Waals surface area contributed by atoms with Crippen LogP contribution in [0.2, 0.25) is 0 Å². The third kappa shape index (κ3) is 4.72. The van der Waals surface area contributed by atoms with Crippen LogP contribution in [0.5, 0.6) is 0 Å². The molecule has 1 aliphatic rings. The van der Waals surface area contributed by atoms with Crippen molar-refractivity contribution in [1.82, 2.24) is 20.5 Å². The van der Waals surface area contributed by atoms with E-state index in [1.807, 2.05) is 36.4 Å². The molecule has 2 heterocycles. The first-order chi connectivity index (χ1) is 14.6. The summed E-state index contributed by atoms with van der Waals surface area (Å²) in [5.41, 5.74) is 10.4. The second-order valence-corrected chi connectivity index (χ2v) is 8.62. The number of nitrogens with zero attached hydrogens (tertiary/aromatic N) is 2. The number of amides is 1. The number of aryl methyl sites for hydroxylation is 2. The van der Waals surface area contributed by atoms with Gasteiger partial charge >= 0.3 is 0 Å². The largest absolute Gasteiger partial charge is 0.349 e. The van der Waals surface area contributed by atoms with Crippen LogP contribution in [-0.4, -0.2) is 27.6 Å². The summed E-state index contributed by atoms with van der Waals surface area (Å²) >= 11 is 7.09. The van der Waals surface area contributed by atoms with Gasteiger partial charge < -0.3 is 16.0 Å². The van der Waals surface area contributed by atoms with Crippen LogP contribution >= 0.6 is 23.6 Å². The summed E-state index contributed by atoms with van der Waals surface area (Å²) in [6, 6.07) is 12.0. The molecule has 1 amide bonds. The fraction of sp³-hybridized carbons (Fsp3) is 0.273. The van der Waals surface area contributed by atoms with Crippen molar-refractivity contribution in [2.45, 2.75) is 32.1 Å². The third-order valence-electron chi connectivity index (χ3n) is 5.07. The molecule has 154 valence electrons. The molecule has 6 nitrogen and oxygen atoms in total. The first-order valence-corrected chi connectivity index (χ1v) is 11.2. The van der Waals surface area contributed by atoms with Crippen molar-refractivity contribution in [3.05, 3.63) is 62.9 Å². The number of hydrogen-bond acceptors (Lipinski definition) is 6. The van der Waals surface area contributed by atoms with Gasteiger partial charge in [0.25, 0.3) is 0 Å². The second-order valence-electron chi connectivity index (χ2n) is 7.20. The van der Waals surface area contributed by atoms with Crippen LogP contribution in [0.3, 0.4) is 0 Å². The summed E-state index contributed by atoms with van der Waals surface area (Å²) < 4.78 is 0.604. The summed E-state index contributed by atoms with van der Waals surface area (Å²) in [6.45, 7) is -0.107. The first-order valence-electron chi connectivity index (χ1n) is 10.00. The van der Waals surface area contributed by atoms with Gasteiger partial charge in [-0.15, -0.1) is 10.2 Å². The molecule has 1 aromatic carbocycles. The van der Waals surface area contributed by atoms with Crippen LogP contribution in [0.25, 0.3) is 22.3 Å². The minimum Gasteiger partial charge on any atom is -0.349 e. The van der Waals surface area contributed by atoms with Crippen LogP contribution in [0.4, 0.5) is 0 Å². The Morgan fingerprint density at radius 3 is 2.80 bits per heavy atom. The first kappa shape index (κ1) is 20.6. The van der Waals surface area contributed by atoms with E-state index in [1.165, 1.54) is 29.0 Å². The molecule has 0 spiro atoms. The van der Waals surface area contributed by atoms with Gasteiger partial charge in [-0.3, -0.25) is 4.79 Å². The zero-order chi connectivity index (χ0) is 20.9. The molecular weight excluding hydrogens is 414 g/mol. The number of aromatic nitrogens is 3. The van der Waals surface area contributed by atoms with Crippen LogP contribution < -0.4 is 11.1 Å². The zero-order valence-corrected chi connectivity index (χ0v) is 18.1. The van der Waals surface area contributed by atoms with Crippen molar-refractivity contribution >= 4 is 41.2 Å². The average molecular weight is 438 g/mol. The number of carbonyl (C=O) groups is 1. The van der Waals surface area contributed by atoms with Crippen molar-refractivity contribution in [3.8, 4) is 10.6 Å². The summed E-state index contributed by atoms with van der Waals surface area (Å²) in [7, 11) is 0. The van der Waals surface area contributed by atoms with E-state index in [9.17, 15) is 4.79 Å². The van der Waals surface area contributed by atoms with Gasteiger partial charge in [-0.05, 0) is 37.3 Å². The molecule has 0 bridgehead atoms. The van der Waals surface area contributed by atoms with Crippen LogP contribution in [0, 0.1) is 4.64 Å². The number of nitrogens with two attached hydrogens (primary N) is 1. The van der Waals surface area contributed by atoms with Crippen molar-refractivity contribution in [3.63, 3.8) is 0 Å². The molecule has 0 radical (unpaired) electrons. The highest BCUT2D eigenvalue weighted by Crippen LogP contribution is 2.27. The van der Waals surface area contributed by atoms with Crippen LogP contribution in [0.15, 0.2) is 36.4 Å². The Morgan fingerprint density at radius 2 is 2.00 bits per heavy atom. The monoisotopic (exact) mass is 437 g/mol. The molecule has 0 saturated heterocycles. The molecule has 8 heteroatoms. The smallest absolute Gasteiger partial charge is 0.238 e. The van der Waals surface area contributed by atoms with Crippen LogP contribution in [0.1, 0.15) is 41.1 Å². The lowest BCUT2D eigenvalue weighted by Gasteiger charge is -2.13. The fourth-order valence-corrected chi connectivity index (χ4v) is 4.63. The van der Waals surface area contributed by atoms with E-state index in [2.05, 4.69) is 26.6 Å². The Hall–Kier alpha value is -2.68. The molecule has 4 rings (SSSR count). The molecule has 2 aromatic heterocycles. The van der Waals surface area contributed by atoms with E-state index >= 15 is 0 Å². The lowest BCUT2D eigenvalue weighted by atomic mass is 10.0. The number of pyridine rings is 1. The fourth-order valence-electron chi connectivity index (χ4n) is 3.55. The van der Waals surface area contributed by atoms with Crippen molar-refractivity contribution in [2.24, 2.45) is 5.73 Å². The zero-order valence-electron chi connectivity index (χ0n) is 16.5. The molecule has 0 saturated carbocycles. The Bertz CT molecular complexity index is 1130. The van der Waals surface area contributed by atoms with E-state index < -0.39 is 0 Å². The highest BCUT2D eigenvalue weighted by Gasteiger charge is 2.15. The van der Waals surface area contributed by atoms with E-state index in [0.29, 0.717) is 15.3 Å². The SMILES string of the molecule is NCC(=O)N/C(=C\c1nnc(-c2ccccc2)s1)c1cc2c([nH]c1=S)CCCCC2. The number of H-pyrrole nitrogens is 1. The lowest BCUT2D eigenvalue weighted by Crippen LogP contribution is -2.29. The summed E-state index contributed by atoms with van der Waals surface area (Å²) in [5, 5.41) is 13.0. The summed E-state index contributed by atoms with van der Waals surface area (Å²) in [6.07, 6.45) is 7.36. The molecular formula is C22H23N5OS2. The van der Waals surface area contributed by atoms with Gasteiger partial charge in [0.2, 0.25) is 5.91 Å². The molecule has 0 unspecified atom stereocenters. The van der Waals surface area contributed by atoms with Gasteiger partial charge in [-0.1, -0.05) is 60.3 Å². The van der Waals surface area contributed by atoms with Gasteiger partial charge in [0, 0.05) is 22.9 Å². The van der Waals surface area contributed by atoms with Crippen molar-refractivity contribution < 1.29 is 4.79 Å². The molecule has 4 N–H and O–H groups in total. The van der Waals surface area contributed by atoms with E-state index in [-0.39, 0.29) is 12.5 Å². The highest BCUT2D eigenvalue weighted by atomic mass is 32.1. The quantitative estimate of drug-likeness (QED) is 0.412. The lowest BCUT2D eigenvalue weighted by molar-refractivity contribution is -0.118. The Morgan fingerprint density at radius 1 is 1.20 bits per heavy atom. The number of benzene rings is 1. The Kier molecular flexibility index (Phi) is 6.47. The minimum absolute atomic E-state index is 0.107. The standard InChI is InChI=1S/C22H23N5OS2/c23-13-19(28)24-18(12-20-26-27-22(30-20)14-7-3-1-4-8-14)16-11-15-9-5-2-6-10-17(15)25-21(16)29/h1,3-4,7-8,11-12H,2,5-6,9-10,13,23H2,(H,24,28)(H,25,29)/b18-12-. The molecule has 3 aromatic rings. The number of nitrogens with one attached hydrogen (secondary N) is 2. The van der Waals surface area contributed by atoms with Gasteiger partial charge in [-0.2, -0.15) is 0 Å². The van der Waals surface area contributed by atoms with Crippen molar-refractivity contribution in [1.29, 1.82) is 0 Å². The highest BCUT2D eigenvalue weighted by molar-refractivity contribution is 7.71. The maximum atomic E-state index is 12.1. The molecule has 30 heavy (non-hydrogen) atoms. The summed E-state index contributed by atoms with van der Waals surface area (Å²) in [5.74, 6) is -0.279. The van der Waals surface area contributed by atoms with E-state index in [4.69, 9.17) is 18.0 Å². The number of rotatable bonds is 5. The van der Waals surface area contributed by atoms with Gasteiger partial charge in [0.15, 0.2) is 0 Å². The predicted octanol–water partition coefficient (Wildman–Crippen LogP) is 4.10. The number of fused-ring (bicyclic) bond motifs is 1. The maximum Gasteiger partial charge on any atom is 0.238 e. The molecule has 1 aliphatic carbocycles. The Labute approximate surface area is 184 Å². The van der Waals surface area contributed by atoms with Gasteiger partial charge in [0.05, 0.1) is 12.2 Å². The maximum absolute atomic E-state index is 12.1. The minimum atomic E-state index is -0.279. The third-order valence-corrected chi connectivity index (χ3v) is 6.31. The van der Waals surface area contributed by atoms with Crippen molar-refractivity contribution in [2.75, 3.05) is 6.54 Å². The second kappa shape index (κ2) is 9.42. The van der Waals surface area contributed by atoms with Gasteiger partial charge in [-0.25, -0.2) is 0 Å². The number of carbonyl (C=O) groups excluding carboxylic acids is 1. The van der Waals surface area contributed by atoms with E-state index in [1.54, 1.807) is 0 Å². The van der Waals surface area contributed by atoms with E-state index in [0.717, 1.165) is 41.8 Å². The molecule has 0 aliphatic heterocycles.